The third kappa shape index (κ3) is 6.70. The number of nitrogens with one attached hydrogen (secondary N) is 2. The number of hydrogen-bond acceptors (Lipinski definition) is 7. The van der Waals surface area contributed by atoms with Crippen LogP contribution in [0, 0.1) is 6.92 Å². The van der Waals surface area contributed by atoms with Gasteiger partial charge in [0.1, 0.15) is 6.04 Å². The van der Waals surface area contributed by atoms with E-state index < -0.39 is 35.5 Å². The summed E-state index contributed by atoms with van der Waals surface area (Å²) in [5, 5.41) is 16.9. The lowest BCUT2D eigenvalue weighted by molar-refractivity contribution is -0.146. The van der Waals surface area contributed by atoms with Crippen molar-refractivity contribution in [2.75, 3.05) is 23.1 Å². The van der Waals surface area contributed by atoms with Gasteiger partial charge in [-0.3, -0.25) is 14.4 Å². The standard InChI is InChI=1S/C26H35N5O4S/c1-15-18(11-17(27)12-19(15)28)23(33)29-20(10-16-8-6-5-7-9-16)22(32)25(35)31-14-36-13-21(31)24(34)30-26(2,3)4/h5-9,11-12,20-22,32H,10,13-14,27-28H2,1-4H3,(H,29,33)(H,30,34)/t20?,21-,22?/m0/s1. The van der Waals surface area contributed by atoms with Gasteiger partial charge in [-0.2, -0.15) is 0 Å². The minimum Gasteiger partial charge on any atom is -0.399 e. The number of hydrogen-bond donors (Lipinski definition) is 5. The molecule has 0 aromatic heterocycles. The molecule has 194 valence electrons. The number of benzene rings is 2. The van der Waals surface area contributed by atoms with E-state index in [9.17, 15) is 19.5 Å². The third-order valence-electron chi connectivity index (χ3n) is 5.93. The lowest BCUT2D eigenvalue weighted by atomic mass is 9.98. The molecule has 1 heterocycles. The number of nitrogens with two attached hydrogens (primary N) is 2. The Kier molecular flexibility index (Phi) is 8.52. The number of carbonyl (C=O) groups is 3. The Morgan fingerprint density at radius 2 is 1.83 bits per heavy atom. The van der Waals surface area contributed by atoms with Crippen LogP contribution in [0.3, 0.4) is 0 Å². The maximum absolute atomic E-state index is 13.4. The van der Waals surface area contributed by atoms with Crippen molar-refractivity contribution in [3.8, 4) is 0 Å². The van der Waals surface area contributed by atoms with Crippen molar-refractivity contribution in [3.05, 3.63) is 59.2 Å². The Morgan fingerprint density at radius 3 is 2.47 bits per heavy atom. The van der Waals surface area contributed by atoms with Gasteiger partial charge >= 0.3 is 0 Å². The number of anilines is 2. The van der Waals surface area contributed by atoms with Gasteiger partial charge in [0.25, 0.3) is 11.8 Å². The number of aliphatic hydroxyl groups is 1. The van der Waals surface area contributed by atoms with Crippen molar-refractivity contribution in [3.63, 3.8) is 0 Å². The van der Waals surface area contributed by atoms with Crippen LogP contribution in [0.25, 0.3) is 0 Å². The Hall–Kier alpha value is -3.24. The summed E-state index contributed by atoms with van der Waals surface area (Å²) in [5.74, 6) is -0.689. The van der Waals surface area contributed by atoms with E-state index >= 15 is 0 Å². The normalized spacial score (nSPS) is 17.4. The first-order valence-electron chi connectivity index (χ1n) is 11.8. The first-order chi connectivity index (χ1) is 16.9. The van der Waals surface area contributed by atoms with Crippen LogP contribution in [0.5, 0.6) is 0 Å². The summed E-state index contributed by atoms with van der Waals surface area (Å²) >= 11 is 1.44. The van der Waals surface area contributed by atoms with E-state index in [2.05, 4.69) is 10.6 Å². The van der Waals surface area contributed by atoms with Crippen molar-refractivity contribution in [1.82, 2.24) is 15.5 Å². The van der Waals surface area contributed by atoms with Crippen molar-refractivity contribution in [1.29, 1.82) is 0 Å². The molecule has 2 aromatic carbocycles. The molecular weight excluding hydrogens is 478 g/mol. The van der Waals surface area contributed by atoms with E-state index in [0.717, 1.165) is 5.56 Å². The lowest BCUT2D eigenvalue weighted by Gasteiger charge is -2.31. The molecular formula is C26H35N5O4S. The van der Waals surface area contributed by atoms with Crippen LogP contribution in [0.4, 0.5) is 11.4 Å². The fourth-order valence-corrected chi connectivity index (χ4v) is 5.19. The van der Waals surface area contributed by atoms with Gasteiger partial charge in [-0.05, 0) is 57.4 Å². The van der Waals surface area contributed by atoms with Gasteiger partial charge in [-0.25, -0.2) is 0 Å². The zero-order chi connectivity index (χ0) is 26.6. The van der Waals surface area contributed by atoms with Crippen molar-refractivity contribution in [2.45, 2.75) is 57.8 Å². The van der Waals surface area contributed by atoms with Crippen LogP contribution in [0.1, 0.15) is 42.3 Å². The minimum absolute atomic E-state index is 0.205. The molecule has 0 saturated carbocycles. The van der Waals surface area contributed by atoms with Crippen LogP contribution >= 0.6 is 11.8 Å². The van der Waals surface area contributed by atoms with Gasteiger partial charge < -0.3 is 32.1 Å². The number of amides is 3. The highest BCUT2D eigenvalue weighted by Crippen LogP contribution is 2.25. The van der Waals surface area contributed by atoms with Crippen LogP contribution in [-0.2, 0) is 16.0 Å². The third-order valence-corrected chi connectivity index (χ3v) is 6.94. The number of carbonyl (C=O) groups excluding carboxylic acids is 3. The van der Waals surface area contributed by atoms with Crippen LogP contribution < -0.4 is 22.1 Å². The first kappa shape index (κ1) is 27.3. The average molecular weight is 514 g/mol. The summed E-state index contributed by atoms with van der Waals surface area (Å²) < 4.78 is 0. The Labute approximate surface area is 216 Å². The maximum Gasteiger partial charge on any atom is 0.254 e. The molecule has 0 spiro atoms. The lowest BCUT2D eigenvalue weighted by Crippen LogP contribution is -2.57. The van der Waals surface area contributed by atoms with E-state index in [0.29, 0.717) is 22.7 Å². The van der Waals surface area contributed by atoms with Crippen LogP contribution in [-0.4, -0.2) is 63.1 Å². The summed E-state index contributed by atoms with van der Waals surface area (Å²) in [7, 11) is 0. The van der Waals surface area contributed by atoms with Gasteiger partial charge in [-0.1, -0.05) is 30.3 Å². The predicted octanol–water partition coefficient (Wildman–Crippen LogP) is 1.68. The summed E-state index contributed by atoms with van der Waals surface area (Å²) in [6, 6.07) is 10.7. The van der Waals surface area contributed by atoms with Gasteiger partial charge in [0, 0.05) is 28.2 Å². The summed E-state index contributed by atoms with van der Waals surface area (Å²) in [6.07, 6.45) is -1.37. The molecule has 9 nitrogen and oxygen atoms in total. The highest BCUT2D eigenvalue weighted by atomic mass is 32.2. The topological polar surface area (TPSA) is 151 Å². The molecule has 0 bridgehead atoms. The molecule has 7 N–H and O–H groups in total. The van der Waals surface area contributed by atoms with Crippen molar-refractivity contribution in [2.24, 2.45) is 0 Å². The molecule has 3 atom stereocenters. The Balaban J connectivity index is 1.85. The summed E-state index contributed by atoms with van der Waals surface area (Å²) in [6.45, 7) is 7.30. The number of thioether (sulfide) groups is 1. The first-order valence-corrected chi connectivity index (χ1v) is 12.9. The Morgan fingerprint density at radius 1 is 1.17 bits per heavy atom. The predicted molar refractivity (Wildman–Crippen MR) is 143 cm³/mol. The van der Waals surface area contributed by atoms with E-state index in [-0.39, 0.29) is 23.8 Å². The second-order valence-corrected chi connectivity index (χ2v) is 11.1. The average Bonchev–Trinajstić information content (AvgIpc) is 3.29. The largest absolute Gasteiger partial charge is 0.399 e. The number of rotatable bonds is 7. The second-order valence-electron chi connectivity index (χ2n) is 10.1. The maximum atomic E-state index is 13.4. The molecule has 2 aromatic rings. The second kappa shape index (κ2) is 11.2. The van der Waals surface area contributed by atoms with Crippen molar-refractivity contribution >= 4 is 40.9 Å². The fourth-order valence-electron chi connectivity index (χ4n) is 4.02. The molecule has 1 aliphatic rings. The van der Waals surface area contributed by atoms with E-state index in [4.69, 9.17) is 11.5 Å². The molecule has 1 fully saturated rings. The molecule has 1 aliphatic heterocycles. The minimum atomic E-state index is -1.57. The van der Waals surface area contributed by atoms with Crippen molar-refractivity contribution < 1.29 is 19.5 Å². The SMILES string of the molecule is Cc1c(N)cc(N)cc1C(=O)NC(Cc1ccccc1)C(O)C(=O)N1CSC[C@H]1C(=O)NC(C)(C)C. The highest BCUT2D eigenvalue weighted by Gasteiger charge is 2.40. The zero-order valence-corrected chi connectivity index (χ0v) is 21.9. The van der Waals surface area contributed by atoms with Crippen LogP contribution in [0.15, 0.2) is 42.5 Å². The highest BCUT2D eigenvalue weighted by molar-refractivity contribution is 7.99. The zero-order valence-electron chi connectivity index (χ0n) is 21.1. The quantitative estimate of drug-likeness (QED) is 0.353. The molecule has 3 amide bonds. The summed E-state index contributed by atoms with van der Waals surface area (Å²) in [4.78, 5) is 40.9. The Bertz CT molecular complexity index is 1120. The monoisotopic (exact) mass is 513 g/mol. The van der Waals surface area contributed by atoms with E-state index in [1.54, 1.807) is 13.0 Å². The number of aliphatic hydroxyl groups excluding tert-OH is 1. The fraction of sp³-hybridized carbons (Fsp3) is 0.423. The smallest absolute Gasteiger partial charge is 0.254 e. The van der Waals surface area contributed by atoms with Gasteiger partial charge in [0.05, 0.1) is 11.9 Å². The molecule has 1 saturated heterocycles. The molecule has 10 heteroatoms. The molecule has 2 unspecified atom stereocenters. The van der Waals surface area contributed by atoms with E-state index in [1.165, 1.54) is 22.7 Å². The summed E-state index contributed by atoms with van der Waals surface area (Å²) in [5.41, 5.74) is 13.8. The van der Waals surface area contributed by atoms with Gasteiger partial charge in [0.2, 0.25) is 5.91 Å². The molecule has 3 rings (SSSR count). The number of nitrogen functional groups attached to an aromatic ring is 2. The number of nitrogens with zero attached hydrogens (tertiary/aromatic N) is 1. The van der Waals surface area contributed by atoms with E-state index in [1.807, 2.05) is 51.1 Å². The van der Waals surface area contributed by atoms with Gasteiger partial charge in [0.15, 0.2) is 6.10 Å². The molecule has 0 radical (unpaired) electrons. The molecule has 36 heavy (non-hydrogen) atoms. The van der Waals surface area contributed by atoms with Crippen LogP contribution in [0.2, 0.25) is 0 Å². The molecule has 0 aliphatic carbocycles. The van der Waals surface area contributed by atoms with Gasteiger partial charge in [-0.15, -0.1) is 11.8 Å².